The summed E-state index contributed by atoms with van der Waals surface area (Å²) in [5, 5.41) is 2.89. The Morgan fingerprint density at radius 1 is 1.35 bits per heavy atom. The van der Waals surface area contributed by atoms with Gasteiger partial charge in [-0.05, 0) is 32.9 Å². The quantitative estimate of drug-likeness (QED) is 0.563. The SMILES string of the molecule is CN(CCCNC(=O)CCCl)C1CCCCC1. The lowest BCUT2D eigenvalue weighted by atomic mass is 9.94. The maximum absolute atomic E-state index is 11.2. The van der Waals surface area contributed by atoms with Crippen molar-refractivity contribution in [3.63, 3.8) is 0 Å². The van der Waals surface area contributed by atoms with Gasteiger partial charge in [-0.15, -0.1) is 11.6 Å². The summed E-state index contributed by atoms with van der Waals surface area (Å²) in [6, 6.07) is 0.766. The molecule has 0 heterocycles. The number of carbonyl (C=O) groups excluding carboxylic acids is 1. The van der Waals surface area contributed by atoms with Crippen molar-refractivity contribution in [2.75, 3.05) is 26.0 Å². The molecule has 1 amide bonds. The minimum atomic E-state index is 0.0697. The molecule has 0 bridgehead atoms. The smallest absolute Gasteiger partial charge is 0.221 e. The highest BCUT2D eigenvalue weighted by molar-refractivity contribution is 6.18. The molecule has 0 spiro atoms. The van der Waals surface area contributed by atoms with Crippen molar-refractivity contribution in [3.8, 4) is 0 Å². The largest absolute Gasteiger partial charge is 0.356 e. The van der Waals surface area contributed by atoms with Crippen molar-refractivity contribution in [2.45, 2.75) is 51.0 Å². The van der Waals surface area contributed by atoms with Gasteiger partial charge in [0.2, 0.25) is 5.91 Å². The van der Waals surface area contributed by atoms with Gasteiger partial charge in [-0.2, -0.15) is 0 Å². The van der Waals surface area contributed by atoms with Gasteiger partial charge in [0.25, 0.3) is 0 Å². The second kappa shape index (κ2) is 8.76. The molecule has 0 atom stereocenters. The van der Waals surface area contributed by atoms with Crippen molar-refractivity contribution >= 4 is 17.5 Å². The predicted molar refractivity (Wildman–Crippen MR) is 72.5 cm³/mol. The maximum atomic E-state index is 11.2. The summed E-state index contributed by atoms with van der Waals surface area (Å²) in [6.45, 7) is 1.85. The molecule has 17 heavy (non-hydrogen) atoms. The Morgan fingerprint density at radius 3 is 2.71 bits per heavy atom. The molecule has 1 fully saturated rings. The number of halogens is 1. The van der Waals surface area contributed by atoms with Crippen LogP contribution in [-0.4, -0.2) is 42.9 Å². The Labute approximate surface area is 110 Å². The first-order chi connectivity index (χ1) is 8.24. The van der Waals surface area contributed by atoms with Crippen LogP contribution in [0.1, 0.15) is 44.9 Å². The number of amides is 1. The van der Waals surface area contributed by atoms with Crippen LogP contribution in [0.15, 0.2) is 0 Å². The molecule has 0 aromatic carbocycles. The number of hydrogen-bond acceptors (Lipinski definition) is 2. The van der Waals surface area contributed by atoms with Crippen molar-refractivity contribution in [2.24, 2.45) is 0 Å². The number of carbonyl (C=O) groups is 1. The van der Waals surface area contributed by atoms with Crippen LogP contribution in [0.3, 0.4) is 0 Å². The zero-order valence-corrected chi connectivity index (χ0v) is 11.6. The van der Waals surface area contributed by atoms with Crippen LogP contribution in [0.2, 0.25) is 0 Å². The molecule has 1 saturated carbocycles. The van der Waals surface area contributed by atoms with Crippen LogP contribution >= 0.6 is 11.6 Å². The molecule has 3 nitrogen and oxygen atoms in total. The van der Waals surface area contributed by atoms with E-state index in [4.69, 9.17) is 11.6 Å². The maximum Gasteiger partial charge on any atom is 0.221 e. The first kappa shape index (κ1) is 14.8. The fourth-order valence-electron chi connectivity index (χ4n) is 2.43. The monoisotopic (exact) mass is 260 g/mol. The normalized spacial score (nSPS) is 17.4. The molecule has 1 aliphatic rings. The standard InChI is InChI=1S/C13H25ClN2O/c1-16(12-6-3-2-4-7-12)11-5-10-15-13(17)8-9-14/h12H,2-11H2,1H3,(H,15,17). The number of hydrogen-bond donors (Lipinski definition) is 1. The van der Waals surface area contributed by atoms with Crippen molar-refractivity contribution in [3.05, 3.63) is 0 Å². The highest BCUT2D eigenvalue weighted by Crippen LogP contribution is 2.21. The van der Waals surface area contributed by atoms with E-state index in [1.165, 1.54) is 32.1 Å². The molecule has 0 aromatic heterocycles. The summed E-state index contributed by atoms with van der Waals surface area (Å²) < 4.78 is 0. The lowest BCUT2D eigenvalue weighted by molar-refractivity contribution is -0.120. The third kappa shape index (κ3) is 6.27. The second-order valence-electron chi connectivity index (χ2n) is 4.91. The Hall–Kier alpha value is -0.280. The number of nitrogens with zero attached hydrogens (tertiary/aromatic N) is 1. The van der Waals surface area contributed by atoms with E-state index in [-0.39, 0.29) is 5.91 Å². The van der Waals surface area contributed by atoms with E-state index in [1.807, 2.05) is 0 Å². The van der Waals surface area contributed by atoms with E-state index in [0.717, 1.165) is 25.6 Å². The third-order valence-corrected chi connectivity index (χ3v) is 3.72. The highest BCUT2D eigenvalue weighted by Gasteiger charge is 2.17. The average Bonchev–Trinajstić information content (AvgIpc) is 2.36. The zero-order valence-electron chi connectivity index (χ0n) is 10.9. The molecule has 0 saturated heterocycles. The van der Waals surface area contributed by atoms with E-state index in [1.54, 1.807) is 0 Å². The minimum Gasteiger partial charge on any atom is -0.356 e. The molecule has 1 rings (SSSR count). The molecule has 1 N–H and O–H groups in total. The molecular formula is C13H25ClN2O. The van der Waals surface area contributed by atoms with Crippen LogP contribution in [0.25, 0.3) is 0 Å². The Balaban J connectivity index is 2.03. The molecule has 0 aromatic rings. The molecule has 0 unspecified atom stereocenters. The molecule has 0 radical (unpaired) electrons. The zero-order chi connectivity index (χ0) is 12.5. The van der Waals surface area contributed by atoms with Gasteiger partial charge in [-0.25, -0.2) is 0 Å². The van der Waals surface area contributed by atoms with Gasteiger partial charge in [0.15, 0.2) is 0 Å². The van der Waals surface area contributed by atoms with E-state index >= 15 is 0 Å². The molecule has 0 aliphatic heterocycles. The summed E-state index contributed by atoms with van der Waals surface area (Å²) in [5.41, 5.74) is 0. The first-order valence-corrected chi connectivity index (χ1v) is 7.30. The molecule has 4 heteroatoms. The molecular weight excluding hydrogens is 236 g/mol. The summed E-state index contributed by atoms with van der Waals surface area (Å²) in [4.78, 5) is 13.6. The fourth-order valence-corrected chi connectivity index (χ4v) is 2.61. The summed E-state index contributed by atoms with van der Waals surface area (Å²) in [5.74, 6) is 0.480. The Kier molecular flexibility index (Phi) is 7.62. The van der Waals surface area contributed by atoms with E-state index in [2.05, 4.69) is 17.3 Å². The van der Waals surface area contributed by atoms with E-state index < -0.39 is 0 Å². The van der Waals surface area contributed by atoms with Crippen LogP contribution in [0, 0.1) is 0 Å². The van der Waals surface area contributed by atoms with Gasteiger partial charge >= 0.3 is 0 Å². The van der Waals surface area contributed by atoms with Gasteiger partial charge in [-0.1, -0.05) is 19.3 Å². The Bertz CT molecular complexity index is 217. The van der Waals surface area contributed by atoms with Crippen molar-refractivity contribution in [1.29, 1.82) is 0 Å². The van der Waals surface area contributed by atoms with Crippen molar-refractivity contribution in [1.82, 2.24) is 10.2 Å². The van der Waals surface area contributed by atoms with Crippen LogP contribution in [0.5, 0.6) is 0 Å². The topological polar surface area (TPSA) is 32.3 Å². The van der Waals surface area contributed by atoms with Crippen LogP contribution in [0.4, 0.5) is 0 Å². The van der Waals surface area contributed by atoms with E-state index in [9.17, 15) is 4.79 Å². The van der Waals surface area contributed by atoms with Gasteiger partial charge in [0, 0.05) is 24.9 Å². The van der Waals surface area contributed by atoms with Crippen LogP contribution < -0.4 is 5.32 Å². The summed E-state index contributed by atoms with van der Waals surface area (Å²) in [7, 11) is 2.20. The second-order valence-corrected chi connectivity index (χ2v) is 5.29. The Morgan fingerprint density at radius 2 is 2.06 bits per heavy atom. The summed E-state index contributed by atoms with van der Waals surface area (Å²) in [6.07, 6.45) is 8.30. The summed E-state index contributed by atoms with van der Waals surface area (Å²) >= 11 is 5.49. The molecule has 100 valence electrons. The lowest BCUT2D eigenvalue weighted by Crippen LogP contribution is -2.35. The van der Waals surface area contributed by atoms with Gasteiger partial charge in [-0.3, -0.25) is 4.79 Å². The fraction of sp³-hybridized carbons (Fsp3) is 0.923. The minimum absolute atomic E-state index is 0.0697. The van der Waals surface area contributed by atoms with Gasteiger partial charge < -0.3 is 10.2 Å². The van der Waals surface area contributed by atoms with Gasteiger partial charge in [0.05, 0.1) is 0 Å². The highest BCUT2D eigenvalue weighted by atomic mass is 35.5. The third-order valence-electron chi connectivity index (χ3n) is 3.53. The first-order valence-electron chi connectivity index (χ1n) is 6.77. The van der Waals surface area contributed by atoms with Crippen LogP contribution in [-0.2, 0) is 4.79 Å². The molecule has 1 aliphatic carbocycles. The average molecular weight is 261 g/mol. The predicted octanol–water partition coefficient (Wildman–Crippen LogP) is 2.39. The lowest BCUT2D eigenvalue weighted by Gasteiger charge is -2.31. The number of rotatable bonds is 7. The number of alkyl halides is 1. The van der Waals surface area contributed by atoms with Crippen molar-refractivity contribution < 1.29 is 4.79 Å². The van der Waals surface area contributed by atoms with E-state index in [0.29, 0.717) is 12.3 Å². The van der Waals surface area contributed by atoms with Gasteiger partial charge in [0.1, 0.15) is 0 Å². The number of nitrogens with one attached hydrogen (secondary N) is 1.